The monoisotopic (exact) mass is 420 g/mol. The molecule has 0 saturated carbocycles. The van der Waals surface area contributed by atoms with Crippen LogP contribution in [0.5, 0.6) is 0 Å². The molecule has 3 heterocycles. The van der Waals surface area contributed by atoms with E-state index in [1.807, 2.05) is 35.6 Å². The van der Waals surface area contributed by atoms with Crippen LogP contribution in [0.25, 0.3) is 0 Å². The van der Waals surface area contributed by atoms with Gasteiger partial charge in [-0.25, -0.2) is 0 Å². The normalized spacial score (nSPS) is 15.9. The summed E-state index contributed by atoms with van der Waals surface area (Å²) in [7, 11) is 0. The molecule has 3 rings (SSSR count). The molecule has 7 heteroatoms. The number of hydrogen-bond acceptors (Lipinski definition) is 4. The zero-order valence-electron chi connectivity index (χ0n) is 15.4. The summed E-state index contributed by atoms with van der Waals surface area (Å²) in [6.07, 6.45) is 2.88. The molecule has 0 N–H and O–H groups in total. The zero-order chi connectivity index (χ0) is 18.7. The molecule has 1 amide bonds. The third kappa shape index (κ3) is 4.10. The first-order valence-corrected chi connectivity index (χ1v) is 9.69. The number of hydrogen-bond donors (Lipinski definition) is 0. The first kappa shape index (κ1) is 18.9. The molecule has 0 radical (unpaired) electrons. The van der Waals surface area contributed by atoms with E-state index in [1.54, 1.807) is 6.07 Å². The van der Waals surface area contributed by atoms with Crippen LogP contribution in [-0.2, 0) is 6.54 Å². The molecular weight excluding hydrogens is 396 g/mol. The van der Waals surface area contributed by atoms with Crippen molar-refractivity contribution in [3.63, 3.8) is 0 Å². The molecule has 140 valence electrons. The molecule has 0 unspecified atom stereocenters. The number of halogens is 1. The molecule has 1 aliphatic rings. The fourth-order valence-electron chi connectivity index (χ4n) is 3.25. The van der Waals surface area contributed by atoms with Gasteiger partial charge >= 0.3 is 0 Å². The van der Waals surface area contributed by atoms with Crippen LogP contribution in [0.15, 0.2) is 33.7 Å². The smallest absolute Gasteiger partial charge is 0.289 e. The molecule has 0 spiro atoms. The summed E-state index contributed by atoms with van der Waals surface area (Å²) in [5.41, 5.74) is 1.99. The van der Waals surface area contributed by atoms with Gasteiger partial charge in [0.05, 0.1) is 22.4 Å². The predicted octanol–water partition coefficient (Wildman–Crippen LogP) is 3.24. The van der Waals surface area contributed by atoms with Crippen molar-refractivity contribution < 1.29 is 9.21 Å². The van der Waals surface area contributed by atoms with Crippen molar-refractivity contribution in [3.05, 3.63) is 52.2 Å². The van der Waals surface area contributed by atoms with Gasteiger partial charge in [0.1, 0.15) is 5.76 Å². The van der Waals surface area contributed by atoms with E-state index in [-0.39, 0.29) is 5.91 Å². The SMILES string of the molecule is C=CCN1CCCN(C(=O)c2ccc(Cn3nc(C)c(Br)c3C)o2)CC1. The van der Waals surface area contributed by atoms with E-state index in [0.717, 1.165) is 54.2 Å². The number of aryl methyl sites for hydroxylation is 1. The van der Waals surface area contributed by atoms with E-state index in [0.29, 0.717) is 18.8 Å². The molecule has 0 bridgehead atoms. The maximum absolute atomic E-state index is 12.8. The quantitative estimate of drug-likeness (QED) is 0.696. The summed E-state index contributed by atoms with van der Waals surface area (Å²) >= 11 is 3.53. The topological polar surface area (TPSA) is 54.5 Å². The molecule has 26 heavy (non-hydrogen) atoms. The number of aromatic nitrogens is 2. The second-order valence-corrected chi connectivity index (χ2v) is 7.44. The van der Waals surface area contributed by atoms with Gasteiger partial charge in [-0.1, -0.05) is 6.08 Å². The van der Waals surface area contributed by atoms with Crippen molar-refractivity contribution in [2.24, 2.45) is 0 Å². The Kier molecular flexibility index (Phi) is 5.98. The average Bonchev–Trinajstić information content (AvgIpc) is 3.08. The second kappa shape index (κ2) is 8.22. The lowest BCUT2D eigenvalue weighted by molar-refractivity contribution is 0.0728. The fourth-order valence-corrected chi connectivity index (χ4v) is 3.53. The van der Waals surface area contributed by atoms with Gasteiger partial charge in [0.2, 0.25) is 0 Å². The molecule has 1 aliphatic heterocycles. The van der Waals surface area contributed by atoms with Gasteiger partial charge < -0.3 is 9.32 Å². The summed E-state index contributed by atoms with van der Waals surface area (Å²) in [4.78, 5) is 17.0. The van der Waals surface area contributed by atoms with Gasteiger partial charge in [0.25, 0.3) is 5.91 Å². The van der Waals surface area contributed by atoms with Crippen molar-refractivity contribution >= 4 is 21.8 Å². The molecule has 0 aromatic carbocycles. The highest BCUT2D eigenvalue weighted by Crippen LogP contribution is 2.21. The van der Waals surface area contributed by atoms with Crippen LogP contribution >= 0.6 is 15.9 Å². The minimum Gasteiger partial charge on any atom is -0.454 e. The summed E-state index contributed by atoms with van der Waals surface area (Å²) in [6, 6.07) is 3.63. The lowest BCUT2D eigenvalue weighted by Gasteiger charge is -2.20. The number of amides is 1. The van der Waals surface area contributed by atoms with Crippen molar-refractivity contribution in [1.82, 2.24) is 19.6 Å². The Labute approximate surface area is 162 Å². The Morgan fingerprint density at radius 2 is 2.12 bits per heavy atom. The van der Waals surface area contributed by atoms with Gasteiger partial charge in [-0.3, -0.25) is 14.4 Å². The Morgan fingerprint density at radius 3 is 2.81 bits per heavy atom. The molecule has 2 aromatic rings. The molecule has 1 fully saturated rings. The van der Waals surface area contributed by atoms with Gasteiger partial charge in [-0.15, -0.1) is 6.58 Å². The number of carbonyl (C=O) groups excluding carboxylic acids is 1. The first-order chi connectivity index (χ1) is 12.5. The Bertz CT molecular complexity index is 796. The van der Waals surface area contributed by atoms with Gasteiger partial charge in [0.15, 0.2) is 5.76 Å². The van der Waals surface area contributed by atoms with E-state index >= 15 is 0 Å². The number of furan rings is 1. The summed E-state index contributed by atoms with van der Waals surface area (Å²) < 4.78 is 8.71. The fraction of sp³-hybridized carbons (Fsp3) is 0.474. The summed E-state index contributed by atoms with van der Waals surface area (Å²) in [6.45, 7) is 12.5. The van der Waals surface area contributed by atoms with Crippen LogP contribution in [0, 0.1) is 13.8 Å². The first-order valence-electron chi connectivity index (χ1n) is 8.90. The molecule has 0 atom stereocenters. The van der Waals surface area contributed by atoms with E-state index in [2.05, 4.69) is 32.5 Å². The second-order valence-electron chi connectivity index (χ2n) is 6.64. The van der Waals surface area contributed by atoms with Crippen LogP contribution in [0.4, 0.5) is 0 Å². The molecule has 2 aromatic heterocycles. The highest BCUT2D eigenvalue weighted by molar-refractivity contribution is 9.10. The minimum absolute atomic E-state index is 0.0359. The maximum atomic E-state index is 12.8. The van der Waals surface area contributed by atoms with E-state index < -0.39 is 0 Å². The molecule has 1 saturated heterocycles. The molecular formula is C19H25BrN4O2. The Morgan fingerprint density at radius 1 is 1.31 bits per heavy atom. The summed E-state index contributed by atoms with van der Waals surface area (Å²) in [5, 5.41) is 4.49. The predicted molar refractivity (Wildman–Crippen MR) is 104 cm³/mol. The highest BCUT2D eigenvalue weighted by Gasteiger charge is 2.22. The van der Waals surface area contributed by atoms with Crippen LogP contribution < -0.4 is 0 Å². The van der Waals surface area contributed by atoms with Crippen LogP contribution in [0.3, 0.4) is 0 Å². The van der Waals surface area contributed by atoms with Gasteiger partial charge in [0, 0.05) is 32.7 Å². The van der Waals surface area contributed by atoms with E-state index in [1.165, 1.54) is 0 Å². The number of rotatable bonds is 5. The number of carbonyl (C=O) groups is 1. The third-order valence-electron chi connectivity index (χ3n) is 4.73. The highest BCUT2D eigenvalue weighted by atomic mass is 79.9. The molecule has 0 aliphatic carbocycles. The lowest BCUT2D eigenvalue weighted by Crippen LogP contribution is -2.35. The molecule has 6 nitrogen and oxygen atoms in total. The van der Waals surface area contributed by atoms with Crippen molar-refractivity contribution in [2.45, 2.75) is 26.8 Å². The Hall–Kier alpha value is -1.86. The Balaban J connectivity index is 1.66. The largest absolute Gasteiger partial charge is 0.454 e. The van der Waals surface area contributed by atoms with Crippen molar-refractivity contribution in [1.29, 1.82) is 0 Å². The standard InChI is InChI=1S/C19H25BrN4O2/c1-4-8-22-9-5-10-23(12-11-22)19(25)17-7-6-16(26-17)13-24-15(3)18(20)14(2)21-24/h4,6-7H,1,5,8-13H2,2-3H3. The van der Waals surface area contributed by atoms with Gasteiger partial charge in [-0.2, -0.15) is 5.10 Å². The van der Waals surface area contributed by atoms with Crippen LogP contribution in [0.2, 0.25) is 0 Å². The van der Waals surface area contributed by atoms with Gasteiger partial charge in [-0.05, 0) is 48.3 Å². The van der Waals surface area contributed by atoms with Crippen LogP contribution in [0.1, 0.15) is 34.1 Å². The van der Waals surface area contributed by atoms with Crippen molar-refractivity contribution in [2.75, 3.05) is 32.7 Å². The third-order valence-corrected chi connectivity index (χ3v) is 5.88. The van der Waals surface area contributed by atoms with E-state index in [4.69, 9.17) is 4.42 Å². The zero-order valence-corrected chi connectivity index (χ0v) is 17.0. The van der Waals surface area contributed by atoms with Crippen LogP contribution in [-0.4, -0.2) is 58.2 Å². The summed E-state index contributed by atoms with van der Waals surface area (Å²) in [5.74, 6) is 1.10. The maximum Gasteiger partial charge on any atom is 0.289 e. The minimum atomic E-state index is -0.0359. The lowest BCUT2D eigenvalue weighted by atomic mass is 10.3. The number of nitrogens with zero attached hydrogens (tertiary/aromatic N) is 4. The van der Waals surface area contributed by atoms with Crippen molar-refractivity contribution in [3.8, 4) is 0 Å². The van der Waals surface area contributed by atoms with E-state index in [9.17, 15) is 4.79 Å². The average molecular weight is 421 g/mol.